The third-order valence-corrected chi connectivity index (χ3v) is 25.3. The maximum atomic E-state index is 2.63. The molecule has 0 saturated heterocycles. The summed E-state index contributed by atoms with van der Waals surface area (Å²) >= 11 is 0. The number of hydrogen-bond donors (Lipinski definition) is 0. The fourth-order valence-corrected chi connectivity index (χ4v) is 18.2. The lowest BCUT2D eigenvalue weighted by atomic mass is 9.77. The molecule has 0 aliphatic carbocycles. The molecule has 0 atom stereocenters. The summed E-state index contributed by atoms with van der Waals surface area (Å²) in [6.07, 6.45) is 0. The van der Waals surface area contributed by atoms with Gasteiger partial charge in [0.2, 0.25) is 0 Å². The molecule has 14 aromatic rings. The number of hydrogen-bond acceptors (Lipinski definition) is 0. The van der Waals surface area contributed by atoms with Crippen LogP contribution in [0, 0.1) is 0 Å². The van der Waals surface area contributed by atoms with E-state index in [0.29, 0.717) is 0 Å². The Morgan fingerprint density at radius 3 is 0.637 bits per heavy atom. The van der Waals surface area contributed by atoms with Crippen molar-refractivity contribution in [1.29, 1.82) is 0 Å². The summed E-state index contributed by atoms with van der Waals surface area (Å²) in [4.78, 5) is 0. The zero-order chi connectivity index (χ0) is 80.4. The van der Waals surface area contributed by atoms with E-state index in [1.807, 2.05) is 0 Å². The van der Waals surface area contributed by atoms with Crippen LogP contribution in [0.2, 0.25) is 0 Å². The molecule has 0 unspecified atom stereocenters. The van der Waals surface area contributed by atoms with Gasteiger partial charge in [0, 0.05) is 22.3 Å². The third-order valence-electron chi connectivity index (χ3n) is 25.3. The fraction of sp³-hybridized carbons (Fsp3) is 0.321. The highest BCUT2D eigenvalue weighted by Crippen LogP contribution is 2.54. The van der Waals surface area contributed by atoms with Crippen molar-refractivity contribution in [3.8, 4) is 89.0 Å². The molecule has 572 valence electrons. The Kier molecular flexibility index (Phi) is 18.5. The third kappa shape index (κ3) is 14.9. The first-order chi connectivity index (χ1) is 52.9. The zero-order valence-corrected chi connectivity index (χ0v) is 72.4. The summed E-state index contributed by atoms with van der Waals surface area (Å²) in [5, 5.41) is 10.1. The lowest BCUT2D eigenvalue weighted by Crippen LogP contribution is -2.44. The molecular formula is C112H120N+. The predicted octanol–water partition coefficient (Wildman–Crippen LogP) is 31.6. The molecule has 0 N–H and O–H groups in total. The molecule has 1 spiro atoms. The summed E-state index contributed by atoms with van der Waals surface area (Å²) in [6, 6.07) is 98.2. The second-order valence-electron chi connectivity index (χ2n) is 42.5. The van der Waals surface area contributed by atoms with Crippen molar-refractivity contribution in [3.05, 3.63) is 309 Å². The van der Waals surface area contributed by atoms with E-state index < -0.39 is 0 Å². The van der Waals surface area contributed by atoms with Gasteiger partial charge in [-0.1, -0.05) is 336 Å². The molecule has 1 nitrogen and oxygen atoms in total. The fourth-order valence-electron chi connectivity index (χ4n) is 18.2. The average Bonchev–Trinajstić information content (AvgIpc) is 1.59. The summed E-state index contributed by atoms with van der Waals surface area (Å²) in [6.45, 7) is 60.3. The topological polar surface area (TPSA) is 0 Å². The molecule has 0 fully saturated rings. The Labute approximate surface area is 677 Å². The summed E-state index contributed by atoms with van der Waals surface area (Å²) in [5.41, 5.74) is 36.1. The molecule has 0 saturated carbocycles. The van der Waals surface area contributed by atoms with E-state index >= 15 is 0 Å². The van der Waals surface area contributed by atoms with Crippen molar-refractivity contribution >= 4 is 43.1 Å². The minimum atomic E-state index is -0.0909. The van der Waals surface area contributed by atoms with Gasteiger partial charge in [0.15, 0.2) is 0 Å². The molecule has 0 amide bonds. The molecule has 113 heavy (non-hydrogen) atoms. The van der Waals surface area contributed by atoms with Crippen LogP contribution in [0.15, 0.2) is 243 Å². The van der Waals surface area contributed by atoms with Gasteiger partial charge in [0.1, 0.15) is 26.2 Å². The van der Waals surface area contributed by atoms with Crippen molar-refractivity contribution in [3.63, 3.8) is 0 Å². The lowest BCUT2D eigenvalue weighted by Gasteiger charge is -2.39. The quantitative estimate of drug-likeness (QED) is 0.146. The van der Waals surface area contributed by atoms with Crippen LogP contribution < -0.4 is 0 Å². The minimum Gasteiger partial charge on any atom is -0.309 e. The van der Waals surface area contributed by atoms with Gasteiger partial charge >= 0.3 is 0 Å². The number of rotatable bonds is 6. The van der Waals surface area contributed by atoms with Crippen LogP contribution in [0.3, 0.4) is 0 Å². The van der Waals surface area contributed by atoms with Crippen LogP contribution in [0.5, 0.6) is 0 Å². The average molecular weight is 1480 g/mol. The van der Waals surface area contributed by atoms with E-state index in [-0.39, 0.29) is 43.3 Å². The van der Waals surface area contributed by atoms with Gasteiger partial charge < -0.3 is 4.48 Å². The number of nitrogens with zero attached hydrogens (tertiary/aromatic N) is 1. The van der Waals surface area contributed by atoms with Crippen molar-refractivity contribution in [1.82, 2.24) is 0 Å². The highest BCUT2D eigenvalue weighted by Gasteiger charge is 2.42. The van der Waals surface area contributed by atoms with Gasteiger partial charge in [-0.15, -0.1) is 0 Å². The molecule has 14 aromatic carbocycles. The zero-order valence-electron chi connectivity index (χ0n) is 72.4. The number of benzene rings is 14. The van der Waals surface area contributed by atoms with Crippen LogP contribution in [0.25, 0.3) is 132 Å². The Morgan fingerprint density at radius 1 is 0.186 bits per heavy atom. The molecule has 0 radical (unpaired) electrons. The smallest absolute Gasteiger partial charge is 0.106 e. The standard InChI is InChI=1S/C112H120N/c1-105(2,3)87-49-79(50-88(61-87)106(4,5)6)75-43-76(80-51-89(107(7,8)9)62-90(52-80)108(10,11)12)46-83(45-75)103-95-39-31-29-37-73(95)59-99-100-60-74-38-30-32-40-96(74)104(102(100)68-113(67-101(99)103)65-85-41-69-33-25-27-35-71(69)57-97(85)98-58-72-36-28-26-34-70(72)42-86(98)66-113)84-47-77(81-53-91(109(13,14)15)63-92(54-81)110(16,17)18)44-78(48-84)82-55-93(111(19,20)21)64-94(56-82)112(22,23)24/h25-64H,65-68H2,1-24H3/q+1. The van der Waals surface area contributed by atoms with Crippen LogP contribution >= 0.6 is 0 Å². The molecule has 2 aliphatic heterocycles. The summed E-state index contributed by atoms with van der Waals surface area (Å²) in [5.74, 6) is 0. The second-order valence-corrected chi connectivity index (χ2v) is 42.5. The first-order valence-electron chi connectivity index (χ1n) is 41.8. The number of fused-ring (bicyclic) bond motifs is 10. The Balaban J connectivity index is 1.08. The van der Waals surface area contributed by atoms with E-state index in [1.165, 1.54) is 199 Å². The molecule has 2 heterocycles. The van der Waals surface area contributed by atoms with E-state index in [1.54, 1.807) is 0 Å². The van der Waals surface area contributed by atoms with Crippen LogP contribution in [-0.4, -0.2) is 4.48 Å². The van der Waals surface area contributed by atoms with E-state index in [0.717, 1.165) is 30.7 Å². The SMILES string of the molecule is CC(C)(C)c1cc(-c2cc(-c3cc(C(C)(C)C)cc(C(C)(C)C)c3)cc(-c3c4c(cc5ccccc35)-c3cc5ccccc5c(-c5cc(-c6cc(C(C)(C)C)cc(C(C)(C)C)c6)cc(-c6cc(C(C)(C)C)cc(C(C)(C)C)c6)c5)c3C[N+]3(Cc5cc6ccccc6cc5-c5cc6ccccc6cc5C3)C4)c2)cc(C(C)(C)C)c1. The molecule has 0 aromatic heterocycles. The van der Waals surface area contributed by atoms with Crippen molar-refractivity contribution in [2.75, 3.05) is 0 Å². The summed E-state index contributed by atoms with van der Waals surface area (Å²) < 4.78 is 0.753. The van der Waals surface area contributed by atoms with Crippen LogP contribution in [-0.2, 0) is 69.5 Å². The predicted molar refractivity (Wildman–Crippen MR) is 491 cm³/mol. The van der Waals surface area contributed by atoms with E-state index in [2.05, 4.69) is 409 Å². The molecular weight excluding hydrogens is 1360 g/mol. The second kappa shape index (κ2) is 27.1. The maximum absolute atomic E-state index is 2.63. The highest BCUT2D eigenvalue weighted by molar-refractivity contribution is 6.09. The van der Waals surface area contributed by atoms with Gasteiger partial charge in [-0.25, -0.2) is 0 Å². The van der Waals surface area contributed by atoms with Crippen LogP contribution in [0.1, 0.15) is 233 Å². The Bertz CT molecular complexity index is 5480. The van der Waals surface area contributed by atoms with E-state index in [9.17, 15) is 0 Å². The Hall–Kier alpha value is -9.92. The van der Waals surface area contributed by atoms with Gasteiger partial charge in [-0.3, -0.25) is 0 Å². The number of quaternary nitrogens is 1. The van der Waals surface area contributed by atoms with Crippen molar-refractivity contribution < 1.29 is 4.48 Å². The molecule has 1 heteroatoms. The normalized spacial score (nSPS) is 14.3. The van der Waals surface area contributed by atoms with Crippen LogP contribution in [0.4, 0.5) is 0 Å². The molecule has 16 rings (SSSR count). The first-order valence-corrected chi connectivity index (χ1v) is 41.8. The van der Waals surface area contributed by atoms with Gasteiger partial charge in [0.05, 0.1) is 0 Å². The molecule has 2 aliphatic rings. The van der Waals surface area contributed by atoms with Gasteiger partial charge in [-0.2, -0.15) is 0 Å². The van der Waals surface area contributed by atoms with Gasteiger partial charge in [-0.05, 0) is 293 Å². The largest absolute Gasteiger partial charge is 0.309 e. The maximum Gasteiger partial charge on any atom is 0.106 e. The lowest BCUT2D eigenvalue weighted by molar-refractivity contribution is -0.977. The molecule has 0 bridgehead atoms. The Morgan fingerprint density at radius 2 is 0.389 bits per heavy atom. The first kappa shape index (κ1) is 77.0. The minimum absolute atomic E-state index is 0.0909. The highest BCUT2D eigenvalue weighted by atomic mass is 15.4. The summed E-state index contributed by atoms with van der Waals surface area (Å²) in [7, 11) is 0. The van der Waals surface area contributed by atoms with Gasteiger partial charge in [0.25, 0.3) is 0 Å². The van der Waals surface area contributed by atoms with E-state index in [4.69, 9.17) is 0 Å². The van der Waals surface area contributed by atoms with Crippen molar-refractivity contribution in [2.45, 2.75) is 236 Å². The van der Waals surface area contributed by atoms with Crippen molar-refractivity contribution in [2.24, 2.45) is 0 Å². The monoisotopic (exact) mass is 1480 g/mol.